The summed E-state index contributed by atoms with van der Waals surface area (Å²) in [5.74, 6) is -1.04. The van der Waals surface area contributed by atoms with Gasteiger partial charge >= 0.3 is 0 Å². The Morgan fingerprint density at radius 3 is 2.71 bits per heavy atom. The number of aromatic hydroxyl groups is 2. The lowest BCUT2D eigenvalue weighted by atomic mass is 10.2. The molecule has 2 amide bonds. The molecule has 2 aromatic carbocycles. The highest BCUT2D eigenvalue weighted by Gasteiger charge is 2.34. The molecule has 3 N–H and O–H groups in total. The first kappa shape index (κ1) is 19.7. The van der Waals surface area contributed by atoms with Gasteiger partial charge in [0.1, 0.15) is 5.75 Å². The normalized spacial score (nSPS) is 15.2. The minimum absolute atomic E-state index is 0.00137. The van der Waals surface area contributed by atoms with Crippen LogP contribution in [0.25, 0.3) is 6.08 Å². The number of para-hydroxylation sites is 1. The van der Waals surface area contributed by atoms with Crippen LogP contribution >= 0.6 is 24.0 Å². The molecule has 1 aliphatic rings. The Morgan fingerprint density at radius 1 is 1.25 bits per heavy atom. The number of phenolic OH excluding ortho intramolecular Hbond substituents is 2. The molecule has 28 heavy (non-hydrogen) atoms. The number of benzene rings is 2. The SMILES string of the molecule is CCOc1cc(C=C2SC(=S)N(NC(=O)c3ccccc3O)C2=O)ccc1O. The van der Waals surface area contributed by atoms with E-state index in [4.69, 9.17) is 17.0 Å². The van der Waals surface area contributed by atoms with Crippen LogP contribution in [-0.2, 0) is 4.79 Å². The maximum absolute atomic E-state index is 12.6. The maximum Gasteiger partial charge on any atom is 0.285 e. The van der Waals surface area contributed by atoms with Gasteiger partial charge in [0.15, 0.2) is 15.8 Å². The maximum atomic E-state index is 12.6. The van der Waals surface area contributed by atoms with E-state index in [0.29, 0.717) is 22.8 Å². The molecule has 0 atom stereocenters. The van der Waals surface area contributed by atoms with Gasteiger partial charge < -0.3 is 14.9 Å². The largest absolute Gasteiger partial charge is 0.507 e. The zero-order chi connectivity index (χ0) is 20.3. The molecule has 0 spiro atoms. The van der Waals surface area contributed by atoms with Gasteiger partial charge in [0.2, 0.25) is 0 Å². The molecular formula is C19H16N2O5S2. The van der Waals surface area contributed by atoms with E-state index in [-0.39, 0.29) is 21.4 Å². The van der Waals surface area contributed by atoms with Crippen molar-refractivity contribution in [2.75, 3.05) is 6.61 Å². The Kier molecular flexibility index (Phi) is 5.86. The number of carbonyl (C=O) groups is 2. The van der Waals surface area contributed by atoms with E-state index < -0.39 is 11.8 Å². The van der Waals surface area contributed by atoms with Gasteiger partial charge in [-0.15, -0.1) is 0 Å². The number of thioether (sulfide) groups is 1. The Morgan fingerprint density at radius 2 is 2.00 bits per heavy atom. The predicted molar refractivity (Wildman–Crippen MR) is 110 cm³/mol. The Bertz CT molecular complexity index is 990. The number of hydrazine groups is 1. The molecular weight excluding hydrogens is 400 g/mol. The molecule has 0 aromatic heterocycles. The molecule has 0 aliphatic carbocycles. The van der Waals surface area contributed by atoms with Crippen molar-refractivity contribution in [3.8, 4) is 17.2 Å². The summed E-state index contributed by atoms with van der Waals surface area (Å²) in [5, 5.41) is 20.5. The third-order valence-corrected chi connectivity index (χ3v) is 5.04. The van der Waals surface area contributed by atoms with Crippen molar-refractivity contribution in [3.63, 3.8) is 0 Å². The topological polar surface area (TPSA) is 99.1 Å². The van der Waals surface area contributed by atoms with Gasteiger partial charge in [-0.1, -0.05) is 30.0 Å². The first-order valence-corrected chi connectivity index (χ1v) is 9.46. The van der Waals surface area contributed by atoms with Crippen LogP contribution in [0.5, 0.6) is 17.2 Å². The Labute approximate surface area is 170 Å². The Hall–Kier alpha value is -3.04. The lowest BCUT2D eigenvalue weighted by Crippen LogP contribution is -2.44. The number of rotatable bonds is 5. The molecule has 1 saturated heterocycles. The van der Waals surface area contributed by atoms with Crippen molar-refractivity contribution in [1.29, 1.82) is 0 Å². The van der Waals surface area contributed by atoms with E-state index in [1.54, 1.807) is 37.3 Å². The number of hydrogen-bond acceptors (Lipinski definition) is 7. The van der Waals surface area contributed by atoms with E-state index in [1.807, 2.05) is 0 Å². The lowest BCUT2D eigenvalue weighted by Gasteiger charge is -2.16. The van der Waals surface area contributed by atoms with Crippen molar-refractivity contribution in [2.24, 2.45) is 0 Å². The van der Waals surface area contributed by atoms with E-state index in [2.05, 4.69) is 5.43 Å². The number of carbonyl (C=O) groups excluding carboxylic acids is 2. The van der Waals surface area contributed by atoms with E-state index >= 15 is 0 Å². The standard InChI is InChI=1S/C19H16N2O5S2/c1-2-26-15-9-11(7-8-14(15)23)10-16-18(25)21(19(27)28-16)20-17(24)12-5-3-4-6-13(12)22/h3-10,22-23H,2H2,1H3,(H,20,24). The summed E-state index contributed by atoms with van der Waals surface area (Å²) in [6, 6.07) is 10.7. The van der Waals surface area contributed by atoms with Gasteiger partial charge in [0.05, 0.1) is 17.1 Å². The lowest BCUT2D eigenvalue weighted by molar-refractivity contribution is -0.123. The minimum Gasteiger partial charge on any atom is -0.507 e. The van der Waals surface area contributed by atoms with Gasteiger partial charge in [-0.05, 0) is 55.0 Å². The predicted octanol–water partition coefficient (Wildman–Crippen LogP) is 3.04. The van der Waals surface area contributed by atoms with Crippen molar-refractivity contribution in [1.82, 2.24) is 10.4 Å². The van der Waals surface area contributed by atoms with Crippen LogP contribution in [0, 0.1) is 0 Å². The first-order chi connectivity index (χ1) is 13.4. The second kappa shape index (κ2) is 8.32. The summed E-state index contributed by atoms with van der Waals surface area (Å²) < 4.78 is 5.49. The van der Waals surface area contributed by atoms with Crippen molar-refractivity contribution >= 4 is 46.2 Å². The molecule has 144 valence electrons. The molecule has 0 radical (unpaired) electrons. The van der Waals surface area contributed by atoms with Crippen molar-refractivity contribution < 1.29 is 24.5 Å². The molecule has 0 saturated carbocycles. The zero-order valence-electron chi connectivity index (χ0n) is 14.7. The van der Waals surface area contributed by atoms with Gasteiger partial charge in [-0.2, -0.15) is 5.01 Å². The first-order valence-electron chi connectivity index (χ1n) is 8.23. The molecule has 3 rings (SSSR count). The summed E-state index contributed by atoms with van der Waals surface area (Å²) in [7, 11) is 0. The van der Waals surface area contributed by atoms with Crippen molar-refractivity contribution in [3.05, 3.63) is 58.5 Å². The van der Waals surface area contributed by atoms with Crippen LogP contribution in [0.4, 0.5) is 0 Å². The summed E-state index contributed by atoms with van der Waals surface area (Å²) in [6.07, 6.45) is 1.59. The van der Waals surface area contributed by atoms with E-state index in [1.165, 1.54) is 18.2 Å². The van der Waals surface area contributed by atoms with Crippen LogP contribution in [-0.4, -0.2) is 38.0 Å². The fraction of sp³-hybridized carbons (Fsp3) is 0.105. The summed E-state index contributed by atoms with van der Waals surface area (Å²) >= 11 is 6.22. The molecule has 0 unspecified atom stereocenters. The van der Waals surface area contributed by atoms with E-state index in [0.717, 1.165) is 16.8 Å². The molecule has 1 heterocycles. The summed E-state index contributed by atoms with van der Waals surface area (Å²) in [6.45, 7) is 2.18. The number of phenols is 2. The third-order valence-electron chi connectivity index (χ3n) is 3.74. The number of hydrogen-bond donors (Lipinski definition) is 3. The highest BCUT2D eigenvalue weighted by atomic mass is 32.2. The quantitative estimate of drug-likeness (QED) is 0.509. The molecule has 9 heteroatoms. The third kappa shape index (κ3) is 4.10. The average Bonchev–Trinajstić information content (AvgIpc) is 2.92. The molecule has 1 aliphatic heterocycles. The van der Waals surface area contributed by atoms with Crippen LogP contribution in [0.3, 0.4) is 0 Å². The van der Waals surface area contributed by atoms with Crippen LogP contribution in [0.2, 0.25) is 0 Å². The molecule has 2 aromatic rings. The number of thiocarbonyl (C=S) groups is 1. The number of nitrogens with one attached hydrogen (secondary N) is 1. The van der Waals surface area contributed by atoms with Gasteiger partial charge in [0, 0.05) is 0 Å². The number of nitrogens with zero attached hydrogens (tertiary/aromatic N) is 1. The van der Waals surface area contributed by atoms with Crippen LogP contribution in [0.15, 0.2) is 47.4 Å². The second-order valence-electron chi connectivity index (χ2n) is 5.64. The van der Waals surface area contributed by atoms with Crippen LogP contribution in [0.1, 0.15) is 22.8 Å². The number of amides is 2. The van der Waals surface area contributed by atoms with Crippen molar-refractivity contribution in [2.45, 2.75) is 6.92 Å². The van der Waals surface area contributed by atoms with Gasteiger partial charge in [0.25, 0.3) is 11.8 Å². The summed E-state index contributed by atoms with van der Waals surface area (Å²) in [5.41, 5.74) is 3.07. The summed E-state index contributed by atoms with van der Waals surface area (Å²) in [4.78, 5) is 25.3. The van der Waals surface area contributed by atoms with E-state index in [9.17, 15) is 19.8 Å². The fourth-order valence-corrected chi connectivity index (χ4v) is 3.61. The van der Waals surface area contributed by atoms with Crippen LogP contribution < -0.4 is 10.2 Å². The average molecular weight is 416 g/mol. The minimum atomic E-state index is -0.654. The van der Waals surface area contributed by atoms with Gasteiger partial charge in [-0.25, -0.2) is 0 Å². The smallest absolute Gasteiger partial charge is 0.285 e. The number of ether oxygens (including phenoxy) is 1. The highest BCUT2D eigenvalue weighted by Crippen LogP contribution is 2.34. The molecule has 0 bridgehead atoms. The zero-order valence-corrected chi connectivity index (χ0v) is 16.3. The second-order valence-corrected chi connectivity index (χ2v) is 7.31. The fourth-order valence-electron chi connectivity index (χ4n) is 2.43. The monoisotopic (exact) mass is 416 g/mol. The highest BCUT2D eigenvalue weighted by molar-refractivity contribution is 8.26. The molecule has 7 nitrogen and oxygen atoms in total. The van der Waals surface area contributed by atoms with Gasteiger partial charge in [-0.3, -0.25) is 15.0 Å². The molecule has 1 fully saturated rings. The Balaban J connectivity index is 1.80.